The molecule has 138 valence electrons. The van der Waals surface area contributed by atoms with Crippen LogP contribution in [0.15, 0.2) is 48.5 Å². The molecule has 0 saturated carbocycles. The highest BCUT2D eigenvalue weighted by Crippen LogP contribution is 2.30. The first-order chi connectivity index (χ1) is 12.8. The number of aliphatic hydroxyl groups excluding tert-OH is 1. The van der Waals surface area contributed by atoms with E-state index in [0.29, 0.717) is 26.4 Å². The topological polar surface area (TPSA) is 52.4 Å². The molecule has 3 atom stereocenters. The molecule has 4 rings (SSSR count). The van der Waals surface area contributed by atoms with Crippen molar-refractivity contribution in [2.75, 3.05) is 32.9 Å². The Labute approximate surface area is 154 Å². The molecule has 0 aliphatic carbocycles. The third kappa shape index (κ3) is 4.18. The van der Waals surface area contributed by atoms with Gasteiger partial charge in [0.05, 0.1) is 19.8 Å². The van der Waals surface area contributed by atoms with Crippen molar-refractivity contribution >= 4 is 0 Å². The van der Waals surface area contributed by atoms with E-state index in [1.54, 1.807) is 0 Å². The molecule has 0 aromatic heterocycles. The monoisotopic (exact) mass is 356 g/mol. The van der Waals surface area contributed by atoms with Crippen LogP contribution in [-0.2, 0) is 17.7 Å². The molecule has 5 heteroatoms. The molecule has 2 aliphatic rings. The summed E-state index contributed by atoms with van der Waals surface area (Å²) in [5.41, 5.74) is 2.84. The van der Waals surface area contributed by atoms with Gasteiger partial charge in [-0.1, -0.05) is 36.4 Å². The summed E-state index contributed by atoms with van der Waals surface area (Å²) in [5, 5.41) is 10.3. The Balaban J connectivity index is 1.19. The zero-order valence-corrected chi connectivity index (χ0v) is 14.9. The summed E-state index contributed by atoms with van der Waals surface area (Å²) in [6.07, 6.45) is 0.476. The van der Waals surface area contributed by atoms with Gasteiger partial charge in [0.2, 0.25) is 0 Å². The number of ether oxygens (including phenoxy) is 3. The number of rotatable bonds is 6. The molecule has 0 fully saturated rings. The number of hydrogen-bond acceptors (Lipinski definition) is 4. The van der Waals surface area contributed by atoms with Gasteiger partial charge < -0.3 is 24.2 Å². The molecule has 2 aromatic carbocycles. The van der Waals surface area contributed by atoms with E-state index in [1.165, 1.54) is 16.0 Å². The third-order valence-electron chi connectivity index (χ3n) is 5.01. The van der Waals surface area contributed by atoms with E-state index in [2.05, 4.69) is 24.3 Å². The lowest BCUT2D eigenvalue weighted by molar-refractivity contribution is -0.919. The normalized spacial score (nSPS) is 22.5. The lowest BCUT2D eigenvalue weighted by atomic mass is 10.00. The maximum atomic E-state index is 10.3. The maximum Gasteiger partial charge on any atom is 0.161 e. The number of fused-ring (bicyclic) bond motifs is 2. The molecule has 0 radical (unpaired) electrons. The first-order valence-corrected chi connectivity index (χ1v) is 9.32. The SMILES string of the molecule is O[C@@H](COC[C@H]1COc2ccccc2O1)C[NH+]1CCc2ccccc2C1. The largest absolute Gasteiger partial charge is 0.486 e. The first kappa shape index (κ1) is 17.3. The van der Waals surface area contributed by atoms with Crippen LogP contribution >= 0.6 is 0 Å². The molecular formula is C21H26NO4+. The Morgan fingerprint density at radius 1 is 1.08 bits per heavy atom. The Kier molecular flexibility index (Phi) is 5.39. The van der Waals surface area contributed by atoms with Crippen molar-refractivity contribution in [3.05, 3.63) is 59.7 Å². The molecule has 26 heavy (non-hydrogen) atoms. The highest BCUT2D eigenvalue weighted by Gasteiger charge is 2.23. The summed E-state index contributed by atoms with van der Waals surface area (Å²) >= 11 is 0. The standard InChI is InChI=1S/C21H25NO4/c23-18(12-22-10-9-16-5-1-2-6-17(16)11-22)13-24-14-19-15-25-20-7-3-4-8-21(20)26-19/h1-8,18-19,23H,9-15H2/p+1/t18-,19+/m1/s1. The molecule has 1 unspecified atom stereocenters. The molecular weight excluding hydrogens is 330 g/mol. The summed E-state index contributed by atoms with van der Waals surface area (Å²) in [6.45, 7) is 3.96. The minimum Gasteiger partial charge on any atom is -0.486 e. The van der Waals surface area contributed by atoms with Crippen molar-refractivity contribution in [1.82, 2.24) is 0 Å². The summed E-state index contributed by atoms with van der Waals surface area (Å²) in [4.78, 5) is 1.41. The third-order valence-corrected chi connectivity index (χ3v) is 5.01. The minimum atomic E-state index is -0.466. The average molecular weight is 356 g/mol. The summed E-state index contributed by atoms with van der Waals surface area (Å²) in [5.74, 6) is 1.53. The van der Waals surface area contributed by atoms with Gasteiger partial charge in [-0.2, -0.15) is 0 Å². The second-order valence-electron chi connectivity index (χ2n) is 7.09. The van der Waals surface area contributed by atoms with Crippen LogP contribution < -0.4 is 14.4 Å². The van der Waals surface area contributed by atoms with E-state index in [0.717, 1.165) is 31.0 Å². The van der Waals surface area contributed by atoms with Gasteiger partial charge >= 0.3 is 0 Å². The molecule has 2 aliphatic heterocycles. The van der Waals surface area contributed by atoms with Gasteiger partial charge in [0.1, 0.15) is 25.8 Å². The predicted molar refractivity (Wildman–Crippen MR) is 97.7 cm³/mol. The van der Waals surface area contributed by atoms with E-state index >= 15 is 0 Å². The van der Waals surface area contributed by atoms with E-state index in [4.69, 9.17) is 14.2 Å². The fraction of sp³-hybridized carbons (Fsp3) is 0.429. The molecule has 0 spiro atoms. The number of benzene rings is 2. The van der Waals surface area contributed by atoms with Crippen LogP contribution in [0.25, 0.3) is 0 Å². The van der Waals surface area contributed by atoms with Crippen LogP contribution in [0, 0.1) is 0 Å². The Morgan fingerprint density at radius 2 is 1.85 bits per heavy atom. The fourth-order valence-corrected chi connectivity index (χ4v) is 3.69. The molecule has 0 bridgehead atoms. The Hall–Kier alpha value is -2.08. The number of para-hydroxylation sites is 2. The van der Waals surface area contributed by atoms with Gasteiger partial charge in [-0.15, -0.1) is 0 Å². The minimum absolute atomic E-state index is 0.133. The molecule has 2 aromatic rings. The molecule has 2 heterocycles. The second-order valence-corrected chi connectivity index (χ2v) is 7.09. The first-order valence-electron chi connectivity index (χ1n) is 9.32. The lowest BCUT2D eigenvalue weighted by Crippen LogP contribution is -3.13. The molecule has 0 saturated heterocycles. The number of aliphatic hydroxyl groups is 1. The quantitative estimate of drug-likeness (QED) is 0.806. The van der Waals surface area contributed by atoms with E-state index in [9.17, 15) is 5.11 Å². The number of nitrogens with one attached hydrogen (secondary N) is 1. The van der Waals surface area contributed by atoms with E-state index in [1.807, 2.05) is 24.3 Å². The summed E-state index contributed by atoms with van der Waals surface area (Å²) in [7, 11) is 0. The van der Waals surface area contributed by atoms with Crippen molar-refractivity contribution in [3.8, 4) is 11.5 Å². The van der Waals surface area contributed by atoms with Crippen molar-refractivity contribution in [2.24, 2.45) is 0 Å². The van der Waals surface area contributed by atoms with Gasteiger partial charge in [0.15, 0.2) is 17.6 Å². The zero-order chi connectivity index (χ0) is 17.8. The van der Waals surface area contributed by atoms with Gasteiger partial charge in [-0.25, -0.2) is 0 Å². The highest BCUT2D eigenvalue weighted by molar-refractivity contribution is 5.40. The van der Waals surface area contributed by atoms with Crippen LogP contribution in [0.5, 0.6) is 11.5 Å². The van der Waals surface area contributed by atoms with E-state index < -0.39 is 6.10 Å². The molecule has 0 amide bonds. The van der Waals surface area contributed by atoms with Crippen LogP contribution in [0.2, 0.25) is 0 Å². The Morgan fingerprint density at radius 3 is 2.73 bits per heavy atom. The van der Waals surface area contributed by atoms with Crippen molar-refractivity contribution < 1.29 is 24.2 Å². The smallest absolute Gasteiger partial charge is 0.161 e. The molecule has 5 nitrogen and oxygen atoms in total. The maximum absolute atomic E-state index is 10.3. The van der Waals surface area contributed by atoms with Gasteiger partial charge in [0.25, 0.3) is 0 Å². The van der Waals surface area contributed by atoms with Gasteiger partial charge in [0, 0.05) is 12.0 Å². The van der Waals surface area contributed by atoms with Gasteiger partial charge in [-0.3, -0.25) is 0 Å². The second kappa shape index (κ2) is 8.08. The fourth-order valence-electron chi connectivity index (χ4n) is 3.69. The van der Waals surface area contributed by atoms with Crippen LogP contribution in [-0.4, -0.2) is 50.2 Å². The average Bonchev–Trinajstić information content (AvgIpc) is 2.68. The lowest BCUT2D eigenvalue weighted by Gasteiger charge is -2.28. The van der Waals surface area contributed by atoms with Gasteiger partial charge in [-0.05, 0) is 17.7 Å². The van der Waals surface area contributed by atoms with Crippen molar-refractivity contribution in [3.63, 3.8) is 0 Å². The molecule has 2 N–H and O–H groups in total. The summed E-state index contributed by atoms with van der Waals surface area (Å²) < 4.78 is 17.2. The number of quaternary nitrogens is 1. The van der Waals surface area contributed by atoms with Crippen molar-refractivity contribution in [1.29, 1.82) is 0 Å². The number of hydrogen-bond donors (Lipinski definition) is 2. The van der Waals surface area contributed by atoms with Crippen LogP contribution in [0.4, 0.5) is 0 Å². The summed E-state index contributed by atoms with van der Waals surface area (Å²) in [6, 6.07) is 16.2. The van der Waals surface area contributed by atoms with Crippen LogP contribution in [0.3, 0.4) is 0 Å². The predicted octanol–water partition coefficient (Wildman–Crippen LogP) is 0.845. The highest BCUT2D eigenvalue weighted by atomic mass is 16.6. The zero-order valence-electron chi connectivity index (χ0n) is 14.9. The van der Waals surface area contributed by atoms with Crippen molar-refractivity contribution in [2.45, 2.75) is 25.2 Å². The van der Waals surface area contributed by atoms with E-state index in [-0.39, 0.29) is 6.10 Å². The van der Waals surface area contributed by atoms with Crippen LogP contribution in [0.1, 0.15) is 11.1 Å². The Bertz CT molecular complexity index is 735.